The zero-order valence-electron chi connectivity index (χ0n) is 22.8. The number of carbonyl (C=O) groups is 1. The van der Waals surface area contributed by atoms with Gasteiger partial charge in [-0.05, 0) is 63.3 Å². The first-order valence-electron chi connectivity index (χ1n) is 12.5. The molecule has 0 radical (unpaired) electrons. The Bertz CT molecular complexity index is 995. The zero-order chi connectivity index (χ0) is 25.8. The Morgan fingerprint density at radius 1 is 1.25 bits per heavy atom. The Labute approximate surface area is 216 Å². The van der Waals surface area contributed by atoms with Crippen LogP contribution in [0, 0.1) is 19.8 Å². The second-order valence-electron chi connectivity index (χ2n) is 8.37. The molecular weight excluding hydrogens is 456 g/mol. The summed E-state index contributed by atoms with van der Waals surface area (Å²) in [6, 6.07) is 7.81. The van der Waals surface area contributed by atoms with Gasteiger partial charge in [0.25, 0.3) is 0 Å². The van der Waals surface area contributed by atoms with E-state index < -0.39 is 0 Å². The van der Waals surface area contributed by atoms with Crippen molar-refractivity contribution in [1.82, 2.24) is 21.4 Å². The van der Waals surface area contributed by atoms with Crippen LogP contribution in [0.15, 0.2) is 36.2 Å². The molecule has 9 heteroatoms. The Morgan fingerprint density at radius 2 is 2.00 bits per heavy atom. The topological polar surface area (TPSA) is 138 Å². The summed E-state index contributed by atoms with van der Waals surface area (Å²) in [7, 11) is 1.81. The molecule has 1 saturated heterocycles. The average molecular weight is 501 g/mol. The van der Waals surface area contributed by atoms with Gasteiger partial charge in [-0.15, -0.1) is 0 Å². The molecule has 6 N–H and O–H groups in total. The highest BCUT2D eigenvalue weighted by Gasteiger charge is 2.24. The number of rotatable bonds is 9. The first-order valence-corrected chi connectivity index (χ1v) is 12.5. The van der Waals surface area contributed by atoms with Gasteiger partial charge in [0.05, 0.1) is 41.5 Å². The molecule has 200 valence electrons. The molecule has 3 rings (SSSR count). The van der Waals surface area contributed by atoms with Crippen LogP contribution < -0.4 is 26.8 Å². The van der Waals surface area contributed by atoms with E-state index in [1.54, 1.807) is 6.20 Å². The second kappa shape index (κ2) is 15.6. The summed E-state index contributed by atoms with van der Waals surface area (Å²) in [6.45, 7) is 12.3. The van der Waals surface area contributed by atoms with Gasteiger partial charge in [-0.2, -0.15) is 0 Å². The smallest absolute Gasteiger partial charge is 0.306 e. The summed E-state index contributed by atoms with van der Waals surface area (Å²) in [6.07, 6.45) is 4.27. The number of piperidine rings is 1. The van der Waals surface area contributed by atoms with Gasteiger partial charge < -0.3 is 31.6 Å². The number of esters is 1. The van der Waals surface area contributed by atoms with Crippen molar-refractivity contribution in [2.24, 2.45) is 11.7 Å². The molecule has 0 unspecified atom stereocenters. The minimum absolute atomic E-state index is 0. The minimum Gasteiger partial charge on any atom is -0.471 e. The predicted octanol–water partition coefficient (Wildman–Crippen LogP) is 4.38. The molecule has 0 saturated carbocycles. The van der Waals surface area contributed by atoms with E-state index in [9.17, 15) is 4.79 Å². The maximum atomic E-state index is 11.9. The van der Waals surface area contributed by atoms with E-state index >= 15 is 0 Å². The largest absolute Gasteiger partial charge is 0.471 e. The molecule has 3 heterocycles. The van der Waals surface area contributed by atoms with Crippen LogP contribution in [0.3, 0.4) is 0 Å². The van der Waals surface area contributed by atoms with Crippen LogP contribution in [0.5, 0.6) is 5.88 Å². The van der Waals surface area contributed by atoms with Crippen molar-refractivity contribution < 1.29 is 14.3 Å². The molecule has 0 bridgehead atoms. The highest BCUT2D eigenvalue weighted by molar-refractivity contribution is 5.70. The van der Waals surface area contributed by atoms with E-state index in [1.807, 2.05) is 59.9 Å². The second-order valence-corrected chi connectivity index (χ2v) is 8.37. The Kier molecular flexibility index (Phi) is 13.3. The van der Waals surface area contributed by atoms with Crippen molar-refractivity contribution in [2.75, 3.05) is 38.3 Å². The number of pyridine rings is 2. The van der Waals surface area contributed by atoms with Crippen molar-refractivity contribution in [2.45, 2.75) is 53.9 Å². The highest BCUT2D eigenvalue weighted by Crippen LogP contribution is 2.28. The van der Waals surface area contributed by atoms with Crippen LogP contribution in [0.2, 0.25) is 0 Å². The zero-order valence-corrected chi connectivity index (χ0v) is 22.8. The van der Waals surface area contributed by atoms with Crippen LogP contribution in [0.25, 0.3) is 5.70 Å². The number of aromatic nitrogens is 2. The van der Waals surface area contributed by atoms with E-state index in [0.29, 0.717) is 36.2 Å². The van der Waals surface area contributed by atoms with Gasteiger partial charge in [0.2, 0.25) is 5.88 Å². The van der Waals surface area contributed by atoms with Gasteiger partial charge >= 0.3 is 5.97 Å². The van der Waals surface area contributed by atoms with Gasteiger partial charge in [-0.1, -0.05) is 13.8 Å². The van der Waals surface area contributed by atoms with Crippen molar-refractivity contribution in [3.05, 3.63) is 53.1 Å². The van der Waals surface area contributed by atoms with Gasteiger partial charge in [-0.25, -0.2) is 9.97 Å². The number of hydrogen-bond acceptors (Lipinski definition) is 9. The first-order chi connectivity index (χ1) is 16.9. The molecule has 2 aromatic heterocycles. The lowest BCUT2D eigenvalue weighted by molar-refractivity contribution is -0.144. The quantitative estimate of drug-likeness (QED) is 0.428. The Morgan fingerprint density at radius 3 is 2.64 bits per heavy atom. The van der Waals surface area contributed by atoms with Crippen molar-refractivity contribution in [1.29, 1.82) is 0 Å². The van der Waals surface area contributed by atoms with Gasteiger partial charge in [-0.3, -0.25) is 4.79 Å². The minimum atomic E-state index is -0.116. The summed E-state index contributed by atoms with van der Waals surface area (Å²) < 4.78 is 10.9. The monoisotopic (exact) mass is 500 g/mol. The van der Waals surface area contributed by atoms with E-state index in [1.165, 1.54) is 0 Å². The van der Waals surface area contributed by atoms with Crippen LogP contribution >= 0.6 is 0 Å². The lowest BCUT2D eigenvalue weighted by Gasteiger charge is -2.34. The Hall–Kier alpha value is -3.33. The number of hydrogen-bond donors (Lipinski definition) is 3. The van der Waals surface area contributed by atoms with Gasteiger partial charge in [0.15, 0.2) is 0 Å². The molecule has 0 amide bonds. The predicted molar refractivity (Wildman–Crippen MR) is 146 cm³/mol. The van der Waals surface area contributed by atoms with Crippen LogP contribution in [-0.2, 0) is 9.53 Å². The third kappa shape index (κ3) is 8.71. The van der Waals surface area contributed by atoms with E-state index in [-0.39, 0.29) is 18.7 Å². The molecule has 0 aromatic carbocycles. The first kappa shape index (κ1) is 30.7. The van der Waals surface area contributed by atoms with E-state index in [2.05, 4.69) is 21.3 Å². The fourth-order valence-corrected chi connectivity index (χ4v) is 4.12. The lowest BCUT2D eigenvalue weighted by Crippen LogP contribution is -2.37. The third-order valence-corrected chi connectivity index (χ3v) is 5.84. The summed E-state index contributed by atoms with van der Waals surface area (Å²) in [4.78, 5) is 23.2. The normalized spacial score (nSPS) is 15.5. The van der Waals surface area contributed by atoms with Gasteiger partial charge in [0, 0.05) is 32.4 Å². The third-order valence-electron chi connectivity index (χ3n) is 5.84. The molecule has 1 aliphatic rings. The molecule has 36 heavy (non-hydrogen) atoms. The van der Waals surface area contributed by atoms with Crippen molar-refractivity contribution in [3.63, 3.8) is 0 Å². The number of carbonyl (C=O) groups excluding carboxylic acids is 1. The summed E-state index contributed by atoms with van der Waals surface area (Å²) in [5, 5.41) is 3.12. The highest BCUT2D eigenvalue weighted by atomic mass is 16.5. The van der Waals surface area contributed by atoms with Crippen molar-refractivity contribution >= 4 is 17.4 Å². The Balaban J connectivity index is 0.00000211. The maximum Gasteiger partial charge on any atom is 0.306 e. The van der Waals surface area contributed by atoms with Gasteiger partial charge in [0.1, 0.15) is 6.61 Å². The van der Waals surface area contributed by atoms with E-state index in [4.69, 9.17) is 20.2 Å². The van der Waals surface area contributed by atoms with Crippen LogP contribution in [-0.4, -0.2) is 49.3 Å². The number of ether oxygens (including phenoxy) is 2. The average Bonchev–Trinajstić information content (AvgIpc) is 2.86. The number of aryl methyl sites for hydroxylation is 2. The molecule has 0 aliphatic carbocycles. The van der Waals surface area contributed by atoms with Crippen LogP contribution in [0.4, 0.5) is 5.69 Å². The molecule has 1 atom stereocenters. The van der Waals surface area contributed by atoms with Crippen molar-refractivity contribution in [3.8, 4) is 5.88 Å². The maximum absolute atomic E-state index is 11.9. The number of nitrogens with one attached hydrogen (secondary N) is 1. The molecule has 1 fully saturated rings. The molecular formula is C27H44N6O3. The summed E-state index contributed by atoms with van der Waals surface area (Å²) in [5.41, 5.74) is 11.5. The molecule has 2 aromatic rings. The molecule has 0 spiro atoms. The summed E-state index contributed by atoms with van der Waals surface area (Å²) >= 11 is 0. The number of nitrogens with two attached hydrogens (primary N) is 1. The fraction of sp³-hybridized carbons (Fsp3) is 0.519. The van der Waals surface area contributed by atoms with E-state index in [0.717, 1.165) is 48.6 Å². The fourth-order valence-electron chi connectivity index (χ4n) is 4.12. The summed E-state index contributed by atoms with van der Waals surface area (Å²) in [5.74, 6) is 0.734. The number of anilines is 1. The number of likely N-dealkylation sites (N-methyl/N-ethyl adjacent to an activating group) is 1. The molecule has 1 aliphatic heterocycles. The lowest BCUT2D eigenvalue weighted by atomic mass is 9.94. The number of nitrogens with zero attached hydrogens (tertiary/aromatic N) is 3. The van der Waals surface area contributed by atoms with Crippen LogP contribution in [0.1, 0.15) is 57.0 Å². The molecule has 9 nitrogen and oxygen atoms in total. The standard InChI is InChI=1S/C25H35N5O3.C2H6.H3N/c1-5-32-24(31)14-19-7-6-12-30(15-19)22-9-8-20(29-18(22)3)25(26)21(27-4)16-33-23-13-17(2)10-11-28-23;1-2;/h8-11,13,19,27H,5-7,12,14-16,26H2,1-4H3;1-2H3;1H3/b25-21-;;/t19-;;/m1../s1. The SMILES string of the molecule is CC.CCOC(=O)C[C@H]1CCCN(c2ccc(/C(N)=C(\COc3cc(C)ccn3)NC)nc2C)C1.N.